The van der Waals surface area contributed by atoms with Gasteiger partial charge in [0.2, 0.25) is 0 Å². The number of fused-ring (bicyclic) bond motifs is 3. The van der Waals surface area contributed by atoms with Gasteiger partial charge in [0.05, 0.1) is 23.4 Å². The number of benzene rings is 3. The van der Waals surface area contributed by atoms with Gasteiger partial charge in [0.25, 0.3) is 0 Å². The first-order chi connectivity index (χ1) is 19.6. The molecule has 0 unspecified atom stereocenters. The van der Waals surface area contributed by atoms with Crippen molar-refractivity contribution in [1.82, 2.24) is 0 Å². The van der Waals surface area contributed by atoms with Crippen molar-refractivity contribution in [3.8, 4) is 0 Å². The molecule has 3 aliphatic heterocycles. The van der Waals surface area contributed by atoms with Gasteiger partial charge in [-0.2, -0.15) is 9.59 Å². The van der Waals surface area contributed by atoms with E-state index in [2.05, 4.69) is 4.85 Å². The molecule has 0 saturated carbocycles. The number of hydrogen-bond acceptors (Lipinski definition) is 9. The molecule has 0 radical (unpaired) electrons. The number of anilines is 1. The van der Waals surface area contributed by atoms with Crippen molar-refractivity contribution < 1.29 is 40.1 Å². The second-order valence-corrected chi connectivity index (χ2v) is 11.3. The number of nitrogens with zero attached hydrogens (tertiary/aromatic N) is 1. The largest absolute Gasteiger partial charge is 0.492 e. The SMILES string of the molecule is CC1(C)OB(O)c2cc(N)ccc21.CC1(C)OB(O)c2ccccc21.O=C=O.[2HH].[C-]#[N+]c1ccc2c(c1)B(O)OC2(C)C. The van der Waals surface area contributed by atoms with Gasteiger partial charge in [0.15, 0.2) is 5.69 Å². The fourth-order valence-corrected chi connectivity index (χ4v) is 5.18. The van der Waals surface area contributed by atoms with Crippen molar-refractivity contribution in [2.45, 2.75) is 58.3 Å². The summed E-state index contributed by atoms with van der Waals surface area (Å²) in [6.45, 7) is 18.5. The number of nitrogens with two attached hydrogens (primary N) is 1. The Labute approximate surface area is 248 Å². The third kappa shape index (κ3) is 7.01. The van der Waals surface area contributed by atoms with E-state index in [-0.39, 0.29) is 13.2 Å². The Hall–Kier alpha value is -3.72. The fourth-order valence-electron chi connectivity index (χ4n) is 5.18. The van der Waals surface area contributed by atoms with Crippen molar-refractivity contribution in [3.05, 3.63) is 88.8 Å². The maximum atomic E-state index is 9.61. The minimum Gasteiger partial charge on any atom is -0.423 e. The lowest BCUT2D eigenvalue weighted by atomic mass is 9.78. The topological polar surface area (TPSA) is 153 Å². The highest BCUT2D eigenvalue weighted by molar-refractivity contribution is 6.62. The average Bonchev–Trinajstić information content (AvgIpc) is 3.40. The van der Waals surface area contributed by atoms with Gasteiger partial charge in [-0.3, -0.25) is 0 Å². The molecule has 0 aromatic heterocycles. The molecule has 218 valence electrons. The van der Waals surface area contributed by atoms with Crippen LogP contribution in [0, 0.1) is 6.57 Å². The lowest BCUT2D eigenvalue weighted by Crippen LogP contribution is -2.28. The van der Waals surface area contributed by atoms with Gasteiger partial charge < -0.3 is 34.8 Å². The number of hydrogen-bond donors (Lipinski definition) is 4. The molecule has 3 heterocycles. The maximum absolute atomic E-state index is 9.61. The fraction of sp³-hybridized carbons (Fsp3) is 0.310. The van der Waals surface area contributed by atoms with Gasteiger partial charge in [-0.05, 0) is 86.8 Å². The summed E-state index contributed by atoms with van der Waals surface area (Å²) in [5, 5.41) is 28.7. The Balaban J connectivity index is 0.000000213. The van der Waals surface area contributed by atoms with Crippen LogP contribution in [0.3, 0.4) is 0 Å². The van der Waals surface area contributed by atoms with Crippen molar-refractivity contribution in [1.29, 1.82) is 0 Å². The molecule has 0 bridgehead atoms. The predicted molar refractivity (Wildman–Crippen MR) is 162 cm³/mol. The van der Waals surface area contributed by atoms with Crippen LogP contribution in [-0.2, 0) is 40.4 Å². The summed E-state index contributed by atoms with van der Waals surface area (Å²) in [5.41, 5.74) is 11.0. The molecule has 13 heteroatoms. The Morgan fingerprint density at radius 3 is 1.60 bits per heavy atom. The molecule has 3 aliphatic rings. The monoisotopic (exact) mass is 573 g/mol. The van der Waals surface area contributed by atoms with E-state index in [9.17, 15) is 15.1 Å². The second kappa shape index (κ2) is 12.7. The Kier molecular flexibility index (Phi) is 9.88. The van der Waals surface area contributed by atoms with Crippen LogP contribution in [0.4, 0.5) is 11.4 Å². The molecule has 0 spiro atoms. The molecule has 0 amide bonds. The number of nitrogen functional groups attached to an aromatic ring is 1. The summed E-state index contributed by atoms with van der Waals surface area (Å²) in [6.07, 6.45) is 0.250. The summed E-state index contributed by atoms with van der Waals surface area (Å²) < 4.78 is 16.1. The molecule has 3 aromatic carbocycles. The highest BCUT2D eigenvalue weighted by atomic mass is 16.5. The van der Waals surface area contributed by atoms with E-state index in [1.54, 1.807) is 18.2 Å². The zero-order valence-electron chi connectivity index (χ0n) is 24.4. The van der Waals surface area contributed by atoms with Crippen molar-refractivity contribution in [2.24, 2.45) is 0 Å². The van der Waals surface area contributed by atoms with E-state index >= 15 is 0 Å². The third-order valence-electron chi connectivity index (χ3n) is 7.16. The van der Waals surface area contributed by atoms with Gasteiger partial charge in [-0.1, -0.05) is 48.5 Å². The van der Waals surface area contributed by atoms with Crippen LogP contribution in [0.15, 0.2) is 60.7 Å². The first-order valence-corrected chi connectivity index (χ1v) is 13.2. The summed E-state index contributed by atoms with van der Waals surface area (Å²) in [4.78, 5) is 19.6. The quantitative estimate of drug-likeness (QED) is 0.179. The zero-order valence-corrected chi connectivity index (χ0v) is 24.4. The minimum absolute atomic E-state index is 0. The maximum Gasteiger partial charge on any atom is 0.492 e. The Morgan fingerprint density at radius 1 is 0.714 bits per heavy atom. The molecule has 0 saturated heterocycles. The van der Waals surface area contributed by atoms with E-state index in [0.29, 0.717) is 16.8 Å². The van der Waals surface area contributed by atoms with Gasteiger partial charge in [0.1, 0.15) is 0 Å². The highest BCUT2D eigenvalue weighted by Gasteiger charge is 2.42. The Morgan fingerprint density at radius 2 is 1.12 bits per heavy atom. The van der Waals surface area contributed by atoms with Crippen LogP contribution in [-0.4, -0.2) is 42.6 Å². The number of rotatable bonds is 0. The molecule has 0 atom stereocenters. The predicted octanol–water partition coefficient (Wildman–Crippen LogP) is 1.71. The van der Waals surface area contributed by atoms with Gasteiger partial charge in [-0.15, -0.1) is 0 Å². The molecule has 3 aromatic rings. The van der Waals surface area contributed by atoms with Crippen LogP contribution in [0.1, 0.15) is 59.7 Å². The normalized spacial score (nSPS) is 17.5. The summed E-state index contributed by atoms with van der Waals surface area (Å²) in [6, 6.07) is 18.5. The van der Waals surface area contributed by atoms with Crippen LogP contribution >= 0.6 is 0 Å². The first-order valence-electron chi connectivity index (χ1n) is 13.2. The van der Waals surface area contributed by atoms with Crippen LogP contribution < -0.4 is 22.1 Å². The first kappa shape index (κ1) is 32.8. The van der Waals surface area contributed by atoms with Crippen molar-refractivity contribution in [2.75, 3.05) is 5.73 Å². The average molecular weight is 573 g/mol. The van der Waals surface area contributed by atoms with E-state index in [1.807, 2.05) is 84.0 Å². The number of carbonyl (C=O) groups excluding carboxylic acids is 2. The molecular formula is C29H35B3N2O8. The molecule has 5 N–H and O–H groups in total. The summed E-state index contributed by atoms with van der Waals surface area (Å²) >= 11 is 0. The van der Waals surface area contributed by atoms with E-state index in [1.165, 1.54) is 0 Å². The molecule has 0 aliphatic carbocycles. The smallest absolute Gasteiger partial charge is 0.423 e. The van der Waals surface area contributed by atoms with Gasteiger partial charge in [0, 0.05) is 7.11 Å². The molecule has 0 fully saturated rings. The molecule has 42 heavy (non-hydrogen) atoms. The third-order valence-corrected chi connectivity index (χ3v) is 7.16. The highest BCUT2D eigenvalue weighted by Crippen LogP contribution is 2.32. The van der Waals surface area contributed by atoms with E-state index in [0.717, 1.165) is 27.6 Å². The van der Waals surface area contributed by atoms with E-state index < -0.39 is 32.6 Å². The molecule has 6 rings (SSSR count). The molecule has 10 nitrogen and oxygen atoms in total. The lowest BCUT2D eigenvalue weighted by molar-refractivity contribution is -0.191. The van der Waals surface area contributed by atoms with Crippen molar-refractivity contribution >= 4 is 55.3 Å². The van der Waals surface area contributed by atoms with Crippen molar-refractivity contribution in [3.63, 3.8) is 0 Å². The standard InChI is InChI=1S/C10H10BNO2.C9H12BNO2.C9H11BO2.CO2.H2/c1-10(2)8-5-4-7(12-3)6-9(8)11(13)14-10;1-9(2)7-4-3-6(11)5-8(7)10(12)13-9;1-9(2)7-5-3-4-6-8(7)10(11)12-9;2-1-3;/h4-6,13H,1-2H3;3-5,12H,11H2,1-2H3;3-6,11H,1-2H3;;1H/i;;;;1+1. The van der Waals surface area contributed by atoms with E-state index in [4.69, 9.17) is 35.9 Å². The van der Waals surface area contributed by atoms with Gasteiger partial charge >= 0.3 is 27.5 Å². The van der Waals surface area contributed by atoms with Gasteiger partial charge in [-0.25, -0.2) is 4.85 Å². The zero-order chi connectivity index (χ0) is 31.5. The molecular weight excluding hydrogens is 537 g/mol. The lowest BCUT2D eigenvalue weighted by Gasteiger charge is -2.19. The second-order valence-electron chi connectivity index (χ2n) is 11.3. The van der Waals surface area contributed by atoms with Crippen LogP contribution in [0.25, 0.3) is 4.85 Å². The van der Waals surface area contributed by atoms with Crippen LogP contribution in [0.2, 0.25) is 0 Å². The minimum atomic E-state index is -0.901. The van der Waals surface area contributed by atoms with Crippen LogP contribution in [0.5, 0.6) is 0 Å². The summed E-state index contributed by atoms with van der Waals surface area (Å²) in [7, 11) is -2.49. The Bertz CT molecular complexity index is 1520. The summed E-state index contributed by atoms with van der Waals surface area (Å²) in [5.74, 6) is 0.